The SMILES string of the molecule is CC(C(=O)Nc1ccc(OCC2CC2)nn1)N1CCC(F)(F)[C@@H](c2ccncc2)C1. The molecule has 2 aliphatic rings. The molecule has 2 aromatic heterocycles. The number of halogens is 2. The van der Waals surface area contributed by atoms with Crippen LogP contribution in [-0.2, 0) is 4.79 Å². The van der Waals surface area contributed by atoms with E-state index in [2.05, 4.69) is 20.5 Å². The highest BCUT2D eigenvalue weighted by Crippen LogP contribution is 2.40. The first kappa shape index (κ1) is 20.6. The van der Waals surface area contributed by atoms with Gasteiger partial charge in [-0.05, 0) is 49.4 Å². The summed E-state index contributed by atoms with van der Waals surface area (Å²) in [7, 11) is 0. The highest BCUT2D eigenvalue weighted by Gasteiger charge is 2.46. The van der Waals surface area contributed by atoms with Gasteiger partial charge in [0.25, 0.3) is 5.92 Å². The molecule has 1 unspecified atom stereocenters. The number of anilines is 1. The fourth-order valence-electron chi connectivity index (χ4n) is 3.57. The number of hydrogen-bond acceptors (Lipinski definition) is 6. The van der Waals surface area contributed by atoms with Gasteiger partial charge in [0.2, 0.25) is 11.8 Å². The van der Waals surface area contributed by atoms with Gasteiger partial charge in [-0.25, -0.2) is 8.78 Å². The summed E-state index contributed by atoms with van der Waals surface area (Å²) in [5.41, 5.74) is 0.528. The Balaban J connectivity index is 1.36. The molecule has 9 heteroatoms. The van der Waals surface area contributed by atoms with Gasteiger partial charge in [-0.15, -0.1) is 10.2 Å². The molecule has 7 nitrogen and oxygen atoms in total. The standard InChI is InChI=1S/C21H25F2N5O2/c1-14(20(29)25-18-4-5-19(27-26-18)30-13-15-2-3-15)28-11-8-21(22,23)17(12-28)16-6-9-24-10-7-16/h4-7,9-10,14-15,17H,2-3,8,11-13H2,1H3,(H,25,26,29)/t14?,17-/m1/s1. The average Bonchev–Trinajstić information content (AvgIpc) is 3.58. The highest BCUT2D eigenvalue weighted by atomic mass is 19.3. The van der Waals surface area contributed by atoms with E-state index in [4.69, 9.17) is 4.74 Å². The molecule has 1 amide bonds. The van der Waals surface area contributed by atoms with Crippen LogP contribution in [0.1, 0.15) is 37.7 Å². The average molecular weight is 417 g/mol. The van der Waals surface area contributed by atoms with Crippen LogP contribution in [0.5, 0.6) is 5.88 Å². The number of aromatic nitrogens is 3. The molecule has 1 aliphatic heterocycles. The third-order valence-corrected chi connectivity index (χ3v) is 5.75. The summed E-state index contributed by atoms with van der Waals surface area (Å²) < 4.78 is 34.6. The van der Waals surface area contributed by atoms with E-state index in [1.165, 1.54) is 25.2 Å². The smallest absolute Gasteiger partial charge is 0.257 e. The Labute approximate surface area is 173 Å². The van der Waals surface area contributed by atoms with Crippen LogP contribution in [0.4, 0.5) is 14.6 Å². The minimum atomic E-state index is -2.82. The summed E-state index contributed by atoms with van der Waals surface area (Å²) in [5, 5.41) is 10.7. The monoisotopic (exact) mass is 417 g/mol. The summed E-state index contributed by atoms with van der Waals surface area (Å²) >= 11 is 0. The lowest BCUT2D eigenvalue weighted by Gasteiger charge is -2.40. The van der Waals surface area contributed by atoms with Crippen molar-refractivity contribution in [2.75, 3.05) is 25.0 Å². The summed E-state index contributed by atoms with van der Waals surface area (Å²) in [5.74, 6) is -2.78. The Morgan fingerprint density at radius 3 is 2.70 bits per heavy atom. The van der Waals surface area contributed by atoms with E-state index in [0.717, 1.165) is 0 Å². The largest absolute Gasteiger partial charge is 0.476 e. The quantitative estimate of drug-likeness (QED) is 0.746. The number of hydrogen-bond donors (Lipinski definition) is 1. The Kier molecular flexibility index (Phi) is 5.90. The molecule has 2 aromatic rings. The molecule has 0 aromatic carbocycles. The molecule has 3 heterocycles. The molecule has 2 atom stereocenters. The van der Waals surface area contributed by atoms with E-state index in [9.17, 15) is 13.6 Å². The maximum absolute atomic E-state index is 14.5. The Morgan fingerprint density at radius 2 is 2.03 bits per heavy atom. The number of nitrogens with one attached hydrogen (secondary N) is 1. The summed E-state index contributed by atoms with van der Waals surface area (Å²) in [4.78, 5) is 18.4. The third-order valence-electron chi connectivity index (χ3n) is 5.75. The van der Waals surface area contributed by atoms with Crippen LogP contribution in [0.25, 0.3) is 0 Å². The topological polar surface area (TPSA) is 80.2 Å². The van der Waals surface area contributed by atoms with Crippen molar-refractivity contribution in [3.05, 3.63) is 42.2 Å². The number of amides is 1. The van der Waals surface area contributed by atoms with Gasteiger partial charge in [0, 0.05) is 38.0 Å². The molecular weight excluding hydrogens is 392 g/mol. The Morgan fingerprint density at radius 1 is 1.27 bits per heavy atom. The van der Waals surface area contributed by atoms with E-state index in [1.54, 1.807) is 36.1 Å². The van der Waals surface area contributed by atoms with Gasteiger partial charge in [0.15, 0.2) is 5.82 Å². The molecule has 1 saturated carbocycles. The molecule has 0 radical (unpaired) electrons. The maximum Gasteiger partial charge on any atom is 0.257 e. The minimum Gasteiger partial charge on any atom is -0.476 e. The van der Waals surface area contributed by atoms with Gasteiger partial charge in [-0.2, -0.15) is 0 Å². The number of carbonyl (C=O) groups excluding carboxylic acids is 1. The molecule has 160 valence electrons. The van der Waals surface area contributed by atoms with Crippen molar-refractivity contribution in [2.45, 2.75) is 44.1 Å². The second-order valence-electron chi connectivity index (χ2n) is 8.02. The van der Waals surface area contributed by atoms with Crippen LogP contribution in [0.2, 0.25) is 0 Å². The number of nitrogens with zero attached hydrogens (tertiary/aromatic N) is 4. The van der Waals surface area contributed by atoms with Crippen molar-refractivity contribution in [3.8, 4) is 5.88 Å². The Hall–Kier alpha value is -2.68. The van der Waals surface area contributed by atoms with Gasteiger partial charge in [-0.3, -0.25) is 14.7 Å². The fourth-order valence-corrected chi connectivity index (χ4v) is 3.57. The zero-order chi connectivity index (χ0) is 21.1. The van der Waals surface area contributed by atoms with Gasteiger partial charge in [0.05, 0.1) is 18.6 Å². The summed E-state index contributed by atoms with van der Waals surface area (Å²) in [6.07, 6.45) is 5.09. The number of piperidine rings is 1. The molecular formula is C21H25F2N5O2. The van der Waals surface area contributed by atoms with Crippen LogP contribution < -0.4 is 10.1 Å². The lowest BCUT2D eigenvalue weighted by Crippen LogP contribution is -2.52. The molecule has 2 fully saturated rings. The van der Waals surface area contributed by atoms with E-state index in [0.29, 0.717) is 29.8 Å². The predicted molar refractivity (Wildman–Crippen MR) is 106 cm³/mol. The number of rotatable bonds is 7. The van der Waals surface area contributed by atoms with Crippen molar-refractivity contribution in [3.63, 3.8) is 0 Å². The van der Waals surface area contributed by atoms with Crippen molar-refractivity contribution in [2.24, 2.45) is 5.92 Å². The molecule has 30 heavy (non-hydrogen) atoms. The summed E-state index contributed by atoms with van der Waals surface area (Å²) in [6.45, 7) is 2.58. The number of likely N-dealkylation sites (tertiary alicyclic amines) is 1. The van der Waals surface area contributed by atoms with Gasteiger partial charge >= 0.3 is 0 Å². The third kappa shape index (κ3) is 4.89. The van der Waals surface area contributed by atoms with E-state index in [-0.39, 0.29) is 25.4 Å². The molecule has 0 bridgehead atoms. The molecule has 0 spiro atoms. The predicted octanol–water partition coefficient (Wildman–Crippen LogP) is 3.11. The Bertz CT molecular complexity index is 861. The van der Waals surface area contributed by atoms with Crippen molar-refractivity contribution in [1.82, 2.24) is 20.1 Å². The first-order valence-electron chi connectivity index (χ1n) is 10.2. The van der Waals surface area contributed by atoms with Crippen LogP contribution in [-0.4, -0.2) is 57.6 Å². The van der Waals surface area contributed by atoms with E-state index < -0.39 is 17.9 Å². The second kappa shape index (κ2) is 8.59. The normalized spacial score (nSPS) is 22.3. The highest BCUT2D eigenvalue weighted by molar-refractivity contribution is 5.93. The van der Waals surface area contributed by atoms with E-state index in [1.807, 2.05) is 0 Å². The molecule has 1 N–H and O–H groups in total. The van der Waals surface area contributed by atoms with Crippen molar-refractivity contribution >= 4 is 11.7 Å². The van der Waals surface area contributed by atoms with Crippen molar-refractivity contribution in [1.29, 1.82) is 0 Å². The number of ether oxygens (including phenoxy) is 1. The van der Waals surface area contributed by atoms with Gasteiger partial charge in [0.1, 0.15) is 0 Å². The second-order valence-corrected chi connectivity index (χ2v) is 8.02. The van der Waals surface area contributed by atoms with Crippen LogP contribution >= 0.6 is 0 Å². The number of alkyl halides is 2. The first-order chi connectivity index (χ1) is 14.4. The molecule has 1 aliphatic carbocycles. The zero-order valence-corrected chi connectivity index (χ0v) is 16.8. The van der Waals surface area contributed by atoms with Crippen LogP contribution in [0.3, 0.4) is 0 Å². The van der Waals surface area contributed by atoms with Crippen molar-refractivity contribution < 1.29 is 18.3 Å². The minimum absolute atomic E-state index is 0.0885. The molecule has 1 saturated heterocycles. The summed E-state index contributed by atoms with van der Waals surface area (Å²) in [6, 6.07) is 5.92. The van der Waals surface area contributed by atoms with Crippen LogP contribution in [0, 0.1) is 5.92 Å². The lowest BCUT2D eigenvalue weighted by molar-refractivity contribution is -0.125. The number of pyridine rings is 1. The lowest BCUT2D eigenvalue weighted by atomic mass is 9.87. The van der Waals surface area contributed by atoms with E-state index >= 15 is 0 Å². The van der Waals surface area contributed by atoms with Gasteiger partial charge in [-0.1, -0.05) is 0 Å². The number of carbonyl (C=O) groups is 1. The van der Waals surface area contributed by atoms with Crippen LogP contribution in [0.15, 0.2) is 36.7 Å². The zero-order valence-electron chi connectivity index (χ0n) is 16.8. The molecule has 4 rings (SSSR count). The maximum atomic E-state index is 14.5. The van der Waals surface area contributed by atoms with Gasteiger partial charge < -0.3 is 10.1 Å². The first-order valence-corrected chi connectivity index (χ1v) is 10.2. The fraction of sp³-hybridized carbons (Fsp3) is 0.524.